The predicted octanol–water partition coefficient (Wildman–Crippen LogP) is 1.75. The van der Waals surface area contributed by atoms with Gasteiger partial charge in [0, 0.05) is 0 Å². The van der Waals surface area contributed by atoms with Crippen molar-refractivity contribution in [3.05, 3.63) is 24.3 Å². The van der Waals surface area contributed by atoms with Gasteiger partial charge in [-0.1, -0.05) is 12.1 Å². The molecule has 1 aliphatic rings. The number of carbonyl (C=O) groups excluding carboxylic acids is 1. The molecular formula is C12H13N3O. The molecule has 1 aromatic rings. The van der Waals surface area contributed by atoms with Crippen LogP contribution in [-0.4, -0.2) is 18.0 Å². The fourth-order valence-corrected chi connectivity index (χ4v) is 1.79. The van der Waals surface area contributed by atoms with Crippen molar-refractivity contribution in [1.29, 1.82) is 5.26 Å². The monoisotopic (exact) mass is 215 g/mol. The number of nitrogens with zero attached hydrogens (tertiary/aromatic N) is 2. The fourth-order valence-electron chi connectivity index (χ4n) is 1.79. The van der Waals surface area contributed by atoms with Gasteiger partial charge in [-0.2, -0.15) is 5.26 Å². The Morgan fingerprint density at radius 2 is 2.12 bits per heavy atom. The third-order valence-corrected chi connectivity index (χ3v) is 2.72. The summed E-state index contributed by atoms with van der Waals surface area (Å²) in [5.41, 5.74) is 0.976. The van der Waals surface area contributed by atoms with E-state index in [1.54, 1.807) is 0 Å². The van der Waals surface area contributed by atoms with Crippen molar-refractivity contribution in [1.82, 2.24) is 0 Å². The Kier molecular flexibility index (Phi) is 2.31. The molecule has 0 atom stereocenters. The third kappa shape index (κ3) is 1.61. The molecule has 82 valence electrons. The highest BCUT2D eigenvalue weighted by atomic mass is 16.2. The molecule has 1 N–H and O–H groups in total. The summed E-state index contributed by atoms with van der Waals surface area (Å²) in [5.74, 6) is -0.0815. The van der Waals surface area contributed by atoms with E-state index in [2.05, 4.69) is 11.4 Å². The number of hydrogen-bond donors (Lipinski definition) is 1. The van der Waals surface area contributed by atoms with E-state index in [0.717, 1.165) is 11.4 Å². The Hall–Kier alpha value is -2.02. The minimum Gasteiger partial charge on any atom is -0.343 e. The molecule has 16 heavy (non-hydrogen) atoms. The lowest BCUT2D eigenvalue weighted by Gasteiger charge is -2.38. The van der Waals surface area contributed by atoms with Crippen molar-refractivity contribution in [3.8, 4) is 6.07 Å². The summed E-state index contributed by atoms with van der Waals surface area (Å²) in [6.07, 6.45) is 0. The molecule has 0 unspecified atom stereocenters. The Bertz CT molecular complexity index is 473. The maximum atomic E-state index is 11.5. The molecule has 0 aliphatic carbocycles. The van der Waals surface area contributed by atoms with Gasteiger partial charge in [0.05, 0.1) is 24.0 Å². The lowest BCUT2D eigenvalue weighted by atomic mass is 10.0. The number of fused-ring (bicyclic) bond motifs is 1. The quantitative estimate of drug-likeness (QED) is 0.776. The lowest BCUT2D eigenvalue weighted by Crippen LogP contribution is -2.49. The van der Waals surface area contributed by atoms with Crippen LogP contribution in [0.2, 0.25) is 0 Å². The highest BCUT2D eigenvalue weighted by Crippen LogP contribution is 2.33. The molecule has 2 rings (SSSR count). The molecule has 1 aromatic carbocycles. The second-order valence-corrected chi connectivity index (χ2v) is 4.32. The highest BCUT2D eigenvalue weighted by molar-refractivity contribution is 6.01. The van der Waals surface area contributed by atoms with Gasteiger partial charge in [0.2, 0.25) is 5.91 Å². The number of hydrogen-bond acceptors (Lipinski definition) is 3. The molecule has 1 heterocycles. The average molecular weight is 215 g/mol. The molecule has 0 fully saturated rings. The molecular weight excluding hydrogens is 202 g/mol. The fraction of sp³-hybridized carbons (Fsp3) is 0.333. The van der Waals surface area contributed by atoms with Gasteiger partial charge in [-0.25, -0.2) is 0 Å². The van der Waals surface area contributed by atoms with Gasteiger partial charge in [0.25, 0.3) is 0 Å². The van der Waals surface area contributed by atoms with E-state index < -0.39 is 5.54 Å². The average Bonchev–Trinajstić information content (AvgIpc) is 2.28. The highest BCUT2D eigenvalue weighted by Gasteiger charge is 2.33. The van der Waals surface area contributed by atoms with E-state index in [0.29, 0.717) is 0 Å². The van der Waals surface area contributed by atoms with Crippen LogP contribution in [0, 0.1) is 11.3 Å². The van der Waals surface area contributed by atoms with Gasteiger partial charge in [0.1, 0.15) is 5.54 Å². The number of nitriles is 1. The van der Waals surface area contributed by atoms with Gasteiger partial charge in [0.15, 0.2) is 0 Å². The Morgan fingerprint density at radius 1 is 1.44 bits per heavy atom. The molecule has 0 saturated heterocycles. The topological polar surface area (TPSA) is 56.1 Å². The smallest absolute Gasteiger partial charge is 0.244 e. The van der Waals surface area contributed by atoms with Gasteiger partial charge >= 0.3 is 0 Å². The molecule has 0 radical (unpaired) electrons. The van der Waals surface area contributed by atoms with Crippen molar-refractivity contribution < 1.29 is 4.79 Å². The minimum atomic E-state index is -0.687. The number of carbonyl (C=O) groups is 1. The molecule has 0 spiro atoms. The molecule has 4 heteroatoms. The first-order chi connectivity index (χ1) is 7.54. The first-order valence-electron chi connectivity index (χ1n) is 5.12. The Morgan fingerprint density at radius 3 is 2.81 bits per heavy atom. The van der Waals surface area contributed by atoms with E-state index >= 15 is 0 Å². The van der Waals surface area contributed by atoms with E-state index in [4.69, 9.17) is 5.26 Å². The Labute approximate surface area is 94.5 Å². The summed E-state index contributed by atoms with van der Waals surface area (Å²) in [4.78, 5) is 13.4. The summed E-state index contributed by atoms with van der Waals surface area (Å²) in [6.45, 7) is 3.84. The SMILES string of the molecule is CC(C)(C#N)N1CC(=O)Nc2ccccc21. The van der Waals surface area contributed by atoms with E-state index in [9.17, 15) is 4.79 Å². The second kappa shape index (κ2) is 3.53. The van der Waals surface area contributed by atoms with Gasteiger partial charge < -0.3 is 10.2 Å². The van der Waals surface area contributed by atoms with Crippen LogP contribution in [-0.2, 0) is 4.79 Å². The molecule has 0 saturated carbocycles. The lowest BCUT2D eigenvalue weighted by molar-refractivity contribution is -0.115. The van der Waals surface area contributed by atoms with Crippen LogP contribution in [0.1, 0.15) is 13.8 Å². The predicted molar refractivity (Wildman–Crippen MR) is 62.1 cm³/mol. The minimum absolute atomic E-state index is 0.0815. The van der Waals surface area contributed by atoms with Crippen molar-refractivity contribution in [2.45, 2.75) is 19.4 Å². The van der Waals surface area contributed by atoms with Crippen LogP contribution in [0.15, 0.2) is 24.3 Å². The third-order valence-electron chi connectivity index (χ3n) is 2.72. The van der Waals surface area contributed by atoms with Crippen LogP contribution >= 0.6 is 0 Å². The zero-order valence-corrected chi connectivity index (χ0v) is 9.32. The first kappa shape index (κ1) is 10.5. The van der Waals surface area contributed by atoms with Gasteiger partial charge in [-0.3, -0.25) is 4.79 Å². The molecule has 1 aliphatic heterocycles. The van der Waals surface area contributed by atoms with E-state index in [-0.39, 0.29) is 12.5 Å². The summed E-state index contributed by atoms with van der Waals surface area (Å²) >= 11 is 0. The first-order valence-corrected chi connectivity index (χ1v) is 5.12. The van der Waals surface area contributed by atoms with Gasteiger partial charge in [-0.15, -0.1) is 0 Å². The summed E-state index contributed by atoms with van der Waals surface area (Å²) in [6, 6.07) is 9.73. The number of anilines is 2. The van der Waals surface area contributed by atoms with Crippen LogP contribution in [0.3, 0.4) is 0 Å². The summed E-state index contributed by atoms with van der Waals surface area (Å²) in [5, 5.41) is 11.9. The van der Waals surface area contributed by atoms with Gasteiger partial charge in [-0.05, 0) is 26.0 Å². The number of amides is 1. The standard InChI is InChI=1S/C12H13N3O/c1-12(2,8-13)15-7-11(16)14-9-5-3-4-6-10(9)15/h3-6H,7H2,1-2H3,(H,14,16). The molecule has 4 nitrogen and oxygen atoms in total. The summed E-state index contributed by atoms with van der Waals surface area (Å²) in [7, 11) is 0. The maximum absolute atomic E-state index is 11.5. The molecule has 0 bridgehead atoms. The van der Waals surface area contributed by atoms with Crippen molar-refractivity contribution in [2.75, 3.05) is 16.8 Å². The van der Waals surface area contributed by atoms with Crippen LogP contribution in [0.5, 0.6) is 0 Å². The van der Waals surface area contributed by atoms with Crippen LogP contribution in [0.4, 0.5) is 11.4 Å². The van der Waals surface area contributed by atoms with E-state index in [1.165, 1.54) is 0 Å². The number of para-hydroxylation sites is 2. The Balaban J connectivity index is 2.50. The van der Waals surface area contributed by atoms with E-state index in [1.807, 2.05) is 43.0 Å². The maximum Gasteiger partial charge on any atom is 0.244 e. The summed E-state index contributed by atoms with van der Waals surface area (Å²) < 4.78 is 0. The zero-order valence-electron chi connectivity index (χ0n) is 9.32. The van der Waals surface area contributed by atoms with Crippen molar-refractivity contribution in [2.24, 2.45) is 0 Å². The number of nitrogens with one attached hydrogen (secondary N) is 1. The number of benzene rings is 1. The normalized spacial score (nSPS) is 15.1. The number of rotatable bonds is 1. The van der Waals surface area contributed by atoms with Crippen molar-refractivity contribution in [3.63, 3.8) is 0 Å². The molecule has 1 amide bonds. The van der Waals surface area contributed by atoms with Crippen molar-refractivity contribution >= 4 is 17.3 Å². The zero-order chi connectivity index (χ0) is 11.8. The molecule has 0 aromatic heterocycles. The second-order valence-electron chi connectivity index (χ2n) is 4.32. The largest absolute Gasteiger partial charge is 0.343 e. The van der Waals surface area contributed by atoms with Crippen LogP contribution in [0.25, 0.3) is 0 Å². The van der Waals surface area contributed by atoms with Crippen LogP contribution < -0.4 is 10.2 Å².